The zero-order valence-electron chi connectivity index (χ0n) is 20.6. The number of nitrogens with zero attached hydrogens (tertiary/aromatic N) is 2. The van der Waals surface area contributed by atoms with Crippen LogP contribution in [0.4, 0.5) is 5.69 Å². The van der Waals surface area contributed by atoms with Crippen LogP contribution < -0.4 is 9.47 Å². The van der Waals surface area contributed by atoms with Crippen molar-refractivity contribution in [2.45, 2.75) is 32.5 Å². The number of carbonyl (C=O) groups excluding carboxylic acids is 2. The van der Waals surface area contributed by atoms with Gasteiger partial charge in [-0.1, -0.05) is 30.3 Å². The van der Waals surface area contributed by atoms with Crippen molar-refractivity contribution in [2.75, 3.05) is 7.11 Å². The van der Waals surface area contributed by atoms with Crippen LogP contribution in [0.2, 0.25) is 0 Å². The number of likely N-dealkylation sites (tertiary alicyclic amines) is 1. The number of aliphatic hydroxyl groups is 1. The molecule has 1 unspecified atom stereocenters. The molecule has 9 nitrogen and oxygen atoms in total. The van der Waals surface area contributed by atoms with Gasteiger partial charge < -0.3 is 19.5 Å². The summed E-state index contributed by atoms with van der Waals surface area (Å²) >= 11 is 0. The van der Waals surface area contributed by atoms with Crippen molar-refractivity contribution < 1.29 is 29.1 Å². The van der Waals surface area contributed by atoms with Crippen molar-refractivity contribution in [3.05, 3.63) is 105 Å². The summed E-state index contributed by atoms with van der Waals surface area (Å²) in [5, 5.41) is 22.2. The Hall–Kier alpha value is -4.66. The van der Waals surface area contributed by atoms with Crippen LogP contribution in [0.3, 0.4) is 0 Å². The standard InChI is InChI=1S/C28H26N2O7/c1-17(2)37-22-14-10-18(11-15-22)25-24(26(31)19-8-12-21(13-9-19)30(34)35)27(32)28(33)29(25)16-20-6-4-5-7-23(20)36-3/h4-15,17,25,31H,16H2,1-3H3/b26-24-. The fourth-order valence-electron chi connectivity index (χ4n) is 4.30. The average molecular weight is 503 g/mol. The van der Waals surface area contributed by atoms with E-state index in [1.54, 1.807) is 48.5 Å². The Morgan fingerprint density at radius 2 is 1.68 bits per heavy atom. The number of aliphatic hydroxyl groups excluding tert-OH is 1. The molecule has 3 aromatic rings. The van der Waals surface area contributed by atoms with E-state index in [4.69, 9.17) is 9.47 Å². The molecular formula is C28H26N2O7. The van der Waals surface area contributed by atoms with Gasteiger partial charge in [-0.2, -0.15) is 0 Å². The van der Waals surface area contributed by atoms with Crippen molar-refractivity contribution in [2.24, 2.45) is 0 Å². The summed E-state index contributed by atoms with van der Waals surface area (Å²) in [6.07, 6.45) is -0.0378. The second-order valence-corrected chi connectivity index (χ2v) is 8.78. The number of methoxy groups -OCH3 is 1. The highest BCUT2D eigenvalue weighted by Crippen LogP contribution is 2.41. The average Bonchev–Trinajstić information content (AvgIpc) is 3.13. The van der Waals surface area contributed by atoms with E-state index in [9.17, 15) is 24.8 Å². The largest absolute Gasteiger partial charge is 0.507 e. The Bertz CT molecular complexity index is 1360. The molecule has 0 spiro atoms. The van der Waals surface area contributed by atoms with Gasteiger partial charge in [0.15, 0.2) is 0 Å². The predicted octanol–water partition coefficient (Wildman–Crippen LogP) is 5.01. The van der Waals surface area contributed by atoms with Crippen molar-refractivity contribution in [3.63, 3.8) is 0 Å². The third-order valence-electron chi connectivity index (χ3n) is 5.99. The first-order valence-corrected chi connectivity index (χ1v) is 11.6. The number of hydrogen-bond donors (Lipinski definition) is 1. The Morgan fingerprint density at radius 1 is 1.03 bits per heavy atom. The number of rotatable bonds is 8. The van der Waals surface area contributed by atoms with Crippen LogP contribution in [-0.2, 0) is 16.1 Å². The second kappa shape index (κ2) is 10.5. The van der Waals surface area contributed by atoms with Gasteiger partial charge >= 0.3 is 0 Å². The molecule has 0 radical (unpaired) electrons. The van der Waals surface area contributed by atoms with Gasteiger partial charge in [-0.3, -0.25) is 19.7 Å². The molecule has 1 amide bonds. The molecule has 1 aliphatic rings. The molecule has 0 saturated carbocycles. The SMILES string of the molecule is COc1ccccc1CN1C(=O)C(=O)/C(=C(\O)c2ccc([N+](=O)[O-])cc2)C1c1ccc(OC(C)C)cc1. The van der Waals surface area contributed by atoms with Crippen LogP contribution in [0.5, 0.6) is 11.5 Å². The maximum atomic E-state index is 13.3. The number of nitro groups is 1. The molecule has 190 valence electrons. The number of Topliss-reactive ketones (excluding diaryl/α,β-unsaturated/α-hetero) is 1. The number of non-ortho nitro benzene ring substituents is 1. The van der Waals surface area contributed by atoms with E-state index < -0.39 is 28.4 Å². The normalized spacial score (nSPS) is 16.8. The van der Waals surface area contributed by atoms with Gasteiger partial charge in [0, 0.05) is 23.3 Å². The van der Waals surface area contributed by atoms with E-state index in [0.29, 0.717) is 22.6 Å². The smallest absolute Gasteiger partial charge is 0.295 e. The summed E-state index contributed by atoms with van der Waals surface area (Å²) in [5.74, 6) is -0.863. The topological polar surface area (TPSA) is 119 Å². The summed E-state index contributed by atoms with van der Waals surface area (Å²) in [6, 6.07) is 18.4. The lowest BCUT2D eigenvalue weighted by atomic mass is 9.95. The molecule has 9 heteroatoms. The van der Waals surface area contributed by atoms with Crippen LogP contribution in [0.15, 0.2) is 78.4 Å². The van der Waals surface area contributed by atoms with Crippen LogP contribution >= 0.6 is 0 Å². The minimum atomic E-state index is -0.909. The lowest BCUT2D eigenvalue weighted by Crippen LogP contribution is -2.29. The highest BCUT2D eigenvalue weighted by molar-refractivity contribution is 6.46. The Morgan fingerprint density at radius 3 is 2.27 bits per heavy atom. The molecule has 1 saturated heterocycles. The zero-order chi connectivity index (χ0) is 26.7. The van der Waals surface area contributed by atoms with Crippen LogP contribution in [0.1, 0.15) is 36.6 Å². The number of carbonyl (C=O) groups is 2. The highest BCUT2D eigenvalue weighted by atomic mass is 16.6. The van der Waals surface area contributed by atoms with Crippen LogP contribution in [0.25, 0.3) is 5.76 Å². The molecule has 4 rings (SSSR count). The van der Waals surface area contributed by atoms with E-state index in [-0.39, 0.29) is 29.5 Å². The Labute approximate surface area is 213 Å². The maximum absolute atomic E-state index is 13.3. The Balaban J connectivity index is 1.83. The third-order valence-corrected chi connectivity index (χ3v) is 5.99. The van der Waals surface area contributed by atoms with Gasteiger partial charge in [0.1, 0.15) is 17.3 Å². The van der Waals surface area contributed by atoms with E-state index in [1.807, 2.05) is 13.8 Å². The number of benzene rings is 3. The zero-order valence-corrected chi connectivity index (χ0v) is 20.6. The van der Waals surface area contributed by atoms with Crippen LogP contribution in [-0.4, -0.2) is 39.8 Å². The van der Waals surface area contributed by atoms with Gasteiger partial charge in [0.25, 0.3) is 17.4 Å². The summed E-state index contributed by atoms with van der Waals surface area (Å²) in [7, 11) is 1.52. The lowest BCUT2D eigenvalue weighted by molar-refractivity contribution is -0.384. The fraction of sp³-hybridized carbons (Fsp3) is 0.214. The van der Waals surface area contributed by atoms with Gasteiger partial charge in [0.05, 0.1) is 36.3 Å². The van der Waals surface area contributed by atoms with E-state index in [0.717, 1.165) is 0 Å². The van der Waals surface area contributed by atoms with Crippen molar-refractivity contribution in [1.29, 1.82) is 0 Å². The first-order valence-electron chi connectivity index (χ1n) is 11.6. The van der Waals surface area contributed by atoms with Gasteiger partial charge in [0.2, 0.25) is 0 Å². The van der Waals surface area contributed by atoms with Gasteiger partial charge in [-0.25, -0.2) is 0 Å². The molecular weight excluding hydrogens is 476 g/mol. The number of amides is 1. The van der Waals surface area contributed by atoms with E-state index >= 15 is 0 Å². The van der Waals surface area contributed by atoms with Crippen molar-refractivity contribution in [3.8, 4) is 11.5 Å². The predicted molar refractivity (Wildman–Crippen MR) is 136 cm³/mol. The van der Waals surface area contributed by atoms with Gasteiger partial charge in [-0.05, 0) is 49.7 Å². The third kappa shape index (κ3) is 5.16. The second-order valence-electron chi connectivity index (χ2n) is 8.78. The molecule has 1 heterocycles. The number of nitro benzene ring substituents is 1. The number of hydrogen-bond acceptors (Lipinski definition) is 7. The summed E-state index contributed by atoms with van der Waals surface area (Å²) < 4.78 is 11.2. The number of ketones is 1. The lowest BCUT2D eigenvalue weighted by Gasteiger charge is -2.26. The maximum Gasteiger partial charge on any atom is 0.295 e. The molecule has 37 heavy (non-hydrogen) atoms. The number of para-hydroxylation sites is 1. The molecule has 0 aromatic heterocycles. The minimum Gasteiger partial charge on any atom is -0.507 e. The summed E-state index contributed by atoms with van der Waals surface area (Å²) in [5.41, 5.74) is 1.20. The van der Waals surface area contributed by atoms with Crippen molar-refractivity contribution >= 4 is 23.1 Å². The molecule has 0 bridgehead atoms. The molecule has 1 atom stereocenters. The number of ether oxygens (including phenoxy) is 2. The van der Waals surface area contributed by atoms with E-state index in [1.165, 1.54) is 36.3 Å². The highest BCUT2D eigenvalue weighted by Gasteiger charge is 2.46. The minimum absolute atomic E-state index is 0.0378. The quantitative estimate of drug-likeness (QED) is 0.151. The van der Waals surface area contributed by atoms with Crippen LogP contribution in [0, 0.1) is 10.1 Å². The molecule has 1 N–H and O–H groups in total. The summed E-state index contributed by atoms with van der Waals surface area (Å²) in [6.45, 7) is 3.86. The van der Waals surface area contributed by atoms with Crippen molar-refractivity contribution in [1.82, 2.24) is 4.90 Å². The van der Waals surface area contributed by atoms with Gasteiger partial charge in [-0.15, -0.1) is 0 Å². The Kier molecular flexibility index (Phi) is 7.24. The first kappa shape index (κ1) is 25.4. The molecule has 1 fully saturated rings. The first-order chi connectivity index (χ1) is 17.7. The molecule has 3 aromatic carbocycles. The summed E-state index contributed by atoms with van der Waals surface area (Å²) in [4.78, 5) is 38.4. The monoisotopic (exact) mass is 502 g/mol. The van der Waals surface area contributed by atoms with E-state index in [2.05, 4.69) is 0 Å². The fourth-order valence-corrected chi connectivity index (χ4v) is 4.30. The molecule has 0 aliphatic carbocycles. The molecule has 1 aliphatic heterocycles.